The molecule has 0 aliphatic rings. The first kappa shape index (κ1) is 10.9. The fourth-order valence-electron chi connectivity index (χ4n) is 0.387. The van der Waals surface area contributed by atoms with Crippen molar-refractivity contribution in [1.29, 1.82) is 0 Å². The molecule has 0 spiro atoms. The predicted molar refractivity (Wildman–Crippen MR) is 40.3 cm³/mol. The Labute approximate surface area is 58.0 Å². The SMILES string of the molecule is C=CC[N+](C)(C)C.Cl. The minimum absolute atomic E-state index is 0. The molecule has 8 heavy (non-hydrogen) atoms. The Morgan fingerprint density at radius 1 is 1.38 bits per heavy atom. The third-order valence-electron chi connectivity index (χ3n) is 0.677. The van der Waals surface area contributed by atoms with Gasteiger partial charge >= 0.3 is 0 Å². The van der Waals surface area contributed by atoms with Gasteiger partial charge in [-0.25, -0.2) is 0 Å². The maximum Gasteiger partial charge on any atom is 0.0964 e. The van der Waals surface area contributed by atoms with Crippen molar-refractivity contribution in [3.63, 3.8) is 0 Å². The van der Waals surface area contributed by atoms with E-state index in [4.69, 9.17) is 0 Å². The Bertz CT molecular complexity index is 63.4. The van der Waals surface area contributed by atoms with E-state index in [1.54, 1.807) is 0 Å². The second-order valence-corrected chi connectivity index (χ2v) is 2.76. The van der Waals surface area contributed by atoms with Gasteiger partial charge in [-0.05, 0) is 6.08 Å². The van der Waals surface area contributed by atoms with E-state index in [-0.39, 0.29) is 12.4 Å². The van der Waals surface area contributed by atoms with Crippen molar-refractivity contribution < 1.29 is 4.48 Å². The average molecular weight is 137 g/mol. The van der Waals surface area contributed by atoms with Crippen LogP contribution in [0.1, 0.15) is 0 Å². The van der Waals surface area contributed by atoms with Crippen molar-refractivity contribution in [3.05, 3.63) is 12.7 Å². The van der Waals surface area contributed by atoms with Crippen LogP contribution in [0, 0.1) is 0 Å². The first-order valence-electron chi connectivity index (χ1n) is 2.47. The molecule has 0 aliphatic carbocycles. The molecule has 0 radical (unpaired) electrons. The van der Waals surface area contributed by atoms with Gasteiger partial charge in [0.1, 0.15) is 0 Å². The van der Waals surface area contributed by atoms with Gasteiger partial charge in [0.05, 0.1) is 27.7 Å². The van der Waals surface area contributed by atoms with E-state index >= 15 is 0 Å². The summed E-state index contributed by atoms with van der Waals surface area (Å²) in [6, 6.07) is 0. The fourth-order valence-corrected chi connectivity index (χ4v) is 0.387. The molecule has 0 saturated carbocycles. The maximum atomic E-state index is 3.63. The average Bonchev–Trinajstić information content (AvgIpc) is 1.30. The van der Waals surface area contributed by atoms with E-state index in [1.807, 2.05) is 6.08 Å². The molecule has 0 bridgehead atoms. The molecule has 1 nitrogen and oxygen atoms in total. The van der Waals surface area contributed by atoms with Crippen molar-refractivity contribution in [3.8, 4) is 0 Å². The van der Waals surface area contributed by atoms with Gasteiger partial charge in [0.15, 0.2) is 0 Å². The number of halogens is 1. The minimum atomic E-state index is 0. The quantitative estimate of drug-likeness (QED) is 0.397. The third kappa shape index (κ3) is 9.37. The molecular formula is C6H15ClN+. The molecule has 0 rings (SSSR count). The second-order valence-electron chi connectivity index (χ2n) is 2.76. The number of likely N-dealkylation sites (N-methyl/N-ethyl adjacent to an activating group) is 1. The Balaban J connectivity index is 0. The first-order valence-corrected chi connectivity index (χ1v) is 2.47. The van der Waals surface area contributed by atoms with Gasteiger partial charge in [0.2, 0.25) is 0 Å². The summed E-state index contributed by atoms with van der Waals surface area (Å²) >= 11 is 0. The molecule has 0 aliphatic heterocycles. The van der Waals surface area contributed by atoms with Crippen molar-refractivity contribution in [1.82, 2.24) is 0 Å². The van der Waals surface area contributed by atoms with Crippen LogP contribution in [0.25, 0.3) is 0 Å². The van der Waals surface area contributed by atoms with Crippen LogP contribution in [0.5, 0.6) is 0 Å². The van der Waals surface area contributed by atoms with Crippen LogP contribution in [-0.2, 0) is 0 Å². The van der Waals surface area contributed by atoms with Crippen LogP contribution in [0.2, 0.25) is 0 Å². The first-order chi connectivity index (χ1) is 3.06. The van der Waals surface area contributed by atoms with Gasteiger partial charge in [-0.15, -0.1) is 12.4 Å². The van der Waals surface area contributed by atoms with E-state index in [9.17, 15) is 0 Å². The molecule has 2 heteroatoms. The maximum absolute atomic E-state index is 3.63. The minimum Gasteiger partial charge on any atom is -0.328 e. The number of hydrogen-bond donors (Lipinski definition) is 0. The summed E-state index contributed by atoms with van der Waals surface area (Å²) in [4.78, 5) is 0. The van der Waals surface area contributed by atoms with E-state index in [2.05, 4.69) is 27.7 Å². The summed E-state index contributed by atoms with van der Waals surface area (Å²) < 4.78 is 0.976. The van der Waals surface area contributed by atoms with E-state index in [0.717, 1.165) is 11.0 Å². The lowest BCUT2D eigenvalue weighted by molar-refractivity contribution is -0.864. The Morgan fingerprint density at radius 3 is 1.75 bits per heavy atom. The van der Waals surface area contributed by atoms with E-state index < -0.39 is 0 Å². The van der Waals surface area contributed by atoms with Crippen molar-refractivity contribution >= 4 is 12.4 Å². The highest BCUT2D eigenvalue weighted by molar-refractivity contribution is 5.85. The van der Waals surface area contributed by atoms with Gasteiger partial charge in [0.25, 0.3) is 0 Å². The van der Waals surface area contributed by atoms with Gasteiger partial charge in [-0.3, -0.25) is 0 Å². The molecule has 50 valence electrons. The molecule has 0 atom stereocenters. The number of rotatable bonds is 2. The number of quaternary nitrogens is 1. The third-order valence-corrected chi connectivity index (χ3v) is 0.677. The van der Waals surface area contributed by atoms with Crippen LogP contribution in [0.4, 0.5) is 0 Å². The van der Waals surface area contributed by atoms with E-state index in [0.29, 0.717) is 0 Å². The zero-order chi connectivity index (χ0) is 5.91. The largest absolute Gasteiger partial charge is 0.328 e. The smallest absolute Gasteiger partial charge is 0.0964 e. The predicted octanol–water partition coefficient (Wildman–Crippen LogP) is 1.30. The van der Waals surface area contributed by atoms with Gasteiger partial charge in [0, 0.05) is 0 Å². The lowest BCUT2D eigenvalue weighted by Crippen LogP contribution is -2.33. The molecule has 0 amide bonds. The van der Waals surface area contributed by atoms with Crippen molar-refractivity contribution in [2.45, 2.75) is 0 Å². The monoisotopic (exact) mass is 136 g/mol. The van der Waals surface area contributed by atoms with Gasteiger partial charge < -0.3 is 4.48 Å². The Morgan fingerprint density at radius 2 is 1.75 bits per heavy atom. The number of hydrogen-bond acceptors (Lipinski definition) is 0. The standard InChI is InChI=1S/C6H14N.ClH/c1-5-6-7(2,3)4;/h5H,1,6H2,2-4H3;1H/q+1;. The molecule has 0 heterocycles. The summed E-state index contributed by atoms with van der Waals surface area (Å²) in [6.07, 6.45) is 1.93. The summed E-state index contributed by atoms with van der Waals surface area (Å²) in [6.45, 7) is 4.67. The van der Waals surface area contributed by atoms with Gasteiger partial charge in [-0.1, -0.05) is 6.58 Å². The van der Waals surface area contributed by atoms with Gasteiger partial charge in [-0.2, -0.15) is 0 Å². The lowest BCUT2D eigenvalue weighted by Gasteiger charge is -2.21. The van der Waals surface area contributed by atoms with E-state index in [1.165, 1.54) is 0 Å². The lowest BCUT2D eigenvalue weighted by atomic mass is 10.5. The molecule has 0 unspecified atom stereocenters. The summed E-state index contributed by atoms with van der Waals surface area (Å²) in [7, 11) is 6.42. The summed E-state index contributed by atoms with van der Waals surface area (Å²) in [5.74, 6) is 0. The summed E-state index contributed by atoms with van der Waals surface area (Å²) in [5, 5.41) is 0. The van der Waals surface area contributed by atoms with Crippen LogP contribution in [-0.4, -0.2) is 32.2 Å². The molecule has 0 aromatic heterocycles. The second kappa shape index (κ2) is 3.93. The summed E-state index contributed by atoms with van der Waals surface area (Å²) in [5.41, 5.74) is 0. The normalized spacial score (nSPS) is 9.88. The van der Waals surface area contributed by atoms with Crippen LogP contribution in [0.3, 0.4) is 0 Å². The van der Waals surface area contributed by atoms with Crippen LogP contribution in [0.15, 0.2) is 12.7 Å². The Hall–Kier alpha value is -0.0100. The fraction of sp³-hybridized carbons (Fsp3) is 0.667. The number of nitrogens with zero attached hydrogens (tertiary/aromatic N) is 1. The molecule has 0 fully saturated rings. The topological polar surface area (TPSA) is 0 Å². The molecular weight excluding hydrogens is 122 g/mol. The highest BCUT2D eigenvalue weighted by Gasteiger charge is 1.99. The van der Waals surface area contributed by atoms with Crippen molar-refractivity contribution in [2.75, 3.05) is 27.7 Å². The molecule has 0 N–H and O–H groups in total. The molecule has 0 aromatic rings. The van der Waals surface area contributed by atoms with Crippen LogP contribution >= 0.6 is 12.4 Å². The zero-order valence-corrected chi connectivity index (χ0v) is 6.66. The highest BCUT2D eigenvalue weighted by atomic mass is 35.5. The zero-order valence-electron chi connectivity index (χ0n) is 5.85. The Kier molecular flexibility index (Phi) is 5.34. The highest BCUT2D eigenvalue weighted by Crippen LogP contribution is 1.86. The van der Waals surface area contributed by atoms with Crippen molar-refractivity contribution in [2.24, 2.45) is 0 Å². The molecule has 0 saturated heterocycles. The molecule has 0 aromatic carbocycles. The van der Waals surface area contributed by atoms with Crippen LogP contribution < -0.4 is 0 Å².